The summed E-state index contributed by atoms with van der Waals surface area (Å²) in [5, 5.41) is 10.0. The molecule has 0 heterocycles. The van der Waals surface area contributed by atoms with Crippen LogP contribution in [0.3, 0.4) is 0 Å². The maximum atomic E-state index is 10.0. The van der Waals surface area contributed by atoms with Crippen LogP contribution in [-0.2, 0) is 0 Å². The molecule has 1 N–H and O–H groups in total. The zero-order valence-corrected chi connectivity index (χ0v) is 9.33. The summed E-state index contributed by atoms with van der Waals surface area (Å²) in [5.74, 6) is 0.349. The summed E-state index contributed by atoms with van der Waals surface area (Å²) < 4.78 is 0. The third-order valence-corrected chi connectivity index (χ3v) is 2.67. The lowest BCUT2D eigenvalue weighted by atomic mass is 9.93. The second-order valence-corrected chi connectivity index (χ2v) is 4.12. The largest absolute Gasteiger partial charge is 0.388 e. The van der Waals surface area contributed by atoms with E-state index in [0.29, 0.717) is 5.92 Å². The summed E-state index contributed by atoms with van der Waals surface area (Å²) in [7, 11) is 0. The average molecular weight is 192 g/mol. The summed E-state index contributed by atoms with van der Waals surface area (Å²) in [4.78, 5) is 0. The fourth-order valence-corrected chi connectivity index (χ4v) is 1.80. The molecule has 0 bridgehead atoms. The number of aliphatic hydroxyl groups excluding tert-OH is 1. The molecule has 2 unspecified atom stereocenters. The highest BCUT2D eigenvalue weighted by atomic mass is 16.3. The zero-order valence-electron chi connectivity index (χ0n) is 9.33. The molecule has 0 aliphatic carbocycles. The molecular weight excluding hydrogens is 172 g/mol. The van der Waals surface area contributed by atoms with Crippen molar-refractivity contribution in [2.45, 2.75) is 39.7 Å². The molecule has 0 aliphatic heterocycles. The van der Waals surface area contributed by atoms with Gasteiger partial charge in [0.25, 0.3) is 0 Å². The molecule has 0 radical (unpaired) electrons. The van der Waals surface area contributed by atoms with E-state index in [1.807, 2.05) is 12.1 Å². The Bertz CT molecular complexity index is 280. The van der Waals surface area contributed by atoms with Gasteiger partial charge in [0.05, 0.1) is 6.10 Å². The summed E-state index contributed by atoms with van der Waals surface area (Å²) in [5.41, 5.74) is 2.26. The normalized spacial score (nSPS) is 15.1. The van der Waals surface area contributed by atoms with E-state index in [1.54, 1.807) is 0 Å². The van der Waals surface area contributed by atoms with Crippen molar-refractivity contribution in [1.29, 1.82) is 0 Å². The van der Waals surface area contributed by atoms with Crippen molar-refractivity contribution >= 4 is 0 Å². The van der Waals surface area contributed by atoms with Gasteiger partial charge in [-0.25, -0.2) is 0 Å². The molecule has 0 aromatic heterocycles. The topological polar surface area (TPSA) is 20.2 Å². The number of aryl methyl sites for hydroxylation is 1. The van der Waals surface area contributed by atoms with Crippen molar-refractivity contribution in [3.8, 4) is 0 Å². The van der Waals surface area contributed by atoms with E-state index in [0.717, 1.165) is 18.4 Å². The van der Waals surface area contributed by atoms with Crippen LogP contribution in [0.2, 0.25) is 0 Å². The number of hydrogen-bond acceptors (Lipinski definition) is 1. The first-order valence-electron chi connectivity index (χ1n) is 5.39. The quantitative estimate of drug-likeness (QED) is 0.774. The Morgan fingerprint density at radius 3 is 2.64 bits per heavy atom. The van der Waals surface area contributed by atoms with Crippen LogP contribution >= 0.6 is 0 Å². The Hall–Kier alpha value is -0.820. The monoisotopic (exact) mass is 192 g/mol. The van der Waals surface area contributed by atoms with E-state index in [9.17, 15) is 5.11 Å². The minimum Gasteiger partial charge on any atom is -0.388 e. The molecule has 78 valence electrons. The van der Waals surface area contributed by atoms with Crippen molar-refractivity contribution in [1.82, 2.24) is 0 Å². The van der Waals surface area contributed by atoms with Gasteiger partial charge in [0, 0.05) is 0 Å². The Morgan fingerprint density at radius 2 is 2.07 bits per heavy atom. The fraction of sp³-hybridized carbons (Fsp3) is 0.538. The van der Waals surface area contributed by atoms with Gasteiger partial charge in [-0.15, -0.1) is 0 Å². The van der Waals surface area contributed by atoms with Gasteiger partial charge in [0.2, 0.25) is 0 Å². The number of aliphatic hydroxyl groups is 1. The molecule has 1 nitrogen and oxygen atoms in total. The first-order chi connectivity index (χ1) is 6.65. The molecule has 1 heteroatoms. The van der Waals surface area contributed by atoms with Crippen LogP contribution in [0.4, 0.5) is 0 Å². The van der Waals surface area contributed by atoms with Crippen LogP contribution in [-0.4, -0.2) is 5.11 Å². The number of benzene rings is 1. The van der Waals surface area contributed by atoms with Gasteiger partial charge in [0.15, 0.2) is 0 Å². The molecule has 14 heavy (non-hydrogen) atoms. The Morgan fingerprint density at radius 1 is 1.36 bits per heavy atom. The van der Waals surface area contributed by atoms with E-state index < -0.39 is 0 Å². The minimum absolute atomic E-state index is 0.310. The van der Waals surface area contributed by atoms with Crippen molar-refractivity contribution in [3.63, 3.8) is 0 Å². The van der Waals surface area contributed by atoms with Crippen LogP contribution in [0.15, 0.2) is 24.3 Å². The van der Waals surface area contributed by atoms with Gasteiger partial charge in [-0.05, 0) is 24.8 Å². The van der Waals surface area contributed by atoms with Gasteiger partial charge in [-0.2, -0.15) is 0 Å². The van der Waals surface area contributed by atoms with Crippen LogP contribution in [0.5, 0.6) is 0 Å². The van der Waals surface area contributed by atoms with Crippen molar-refractivity contribution in [3.05, 3.63) is 35.4 Å². The van der Waals surface area contributed by atoms with E-state index in [4.69, 9.17) is 0 Å². The Labute approximate surface area is 86.8 Å². The standard InChI is InChI=1S/C13H20O/c1-4-6-11(3)13(14)12-8-5-7-10(2)9-12/h5,7-9,11,13-14H,4,6H2,1-3H3. The Kier molecular flexibility index (Phi) is 4.15. The average Bonchev–Trinajstić information content (AvgIpc) is 2.17. The first-order valence-corrected chi connectivity index (χ1v) is 5.39. The maximum Gasteiger partial charge on any atom is 0.0815 e. The third-order valence-electron chi connectivity index (χ3n) is 2.67. The predicted octanol–water partition coefficient (Wildman–Crippen LogP) is 3.46. The van der Waals surface area contributed by atoms with Gasteiger partial charge in [-0.1, -0.05) is 50.1 Å². The second kappa shape index (κ2) is 5.16. The smallest absolute Gasteiger partial charge is 0.0815 e. The molecule has 0 fully saturated rings. The highest BCUT2D eigenvalue weighted by Crippen LogP contribution is 2.25. The number of rotatable bonds is 4. The van der Waals surface area contributed by atoms with Gasteiger partial charge >= 0.3 is 0 Å². The van der Waals surface area contributed by atoms with Crippen molar-refractivity contribution in [2.24, 2.45) is 5.92 Å². The molecule has 0 saturated heterocycles. The van der Waals surface area contributed by atoms with E-state index in [-0.39, 0.29) is 6.10 Å². The molecule has 1 aromatic carbocycles. The lowest BCUT2D eigenvalue weighted by Crippen LogP contribution is -2.08. The van der Waals surface area contributed by atoms with E-state index >= 15 is 0 Å². The van der Waals surface area contributed by atoms with E-state index in [1.165, 1.54) is 5.56 Å². The van der Waals surface area contributed by atoms with Crippen LogP contribution in [0.25, 0.3) is 0 Å². The van der Waals surface area contributed by atoms with Crippen molar-refractivity contribution < 1.29 is 5.11 Å². The minimum atomic E-state index is -0.310. The molecule has 1 rings (SSSR count). The molecule has 0 amide bonds. The molecule has 1 aromatic rings. The van der Waals surface area contributed by atoms with Gasteiger partial charge in [0.1, 0.15) is 0 Å². The summed E-state index contributed by atoms with van der Waals surface area (Å²) in [6.45, 7) is 6.32. The maximum absolute atomic E-state index is 10.0. The zero-order chi connectivity index (χ0) is 10.6. The summed E-state index contributed by atoms with van der Waals surface area (Å²) in [6.07, 6.45) is 1.90. The lowest BCUT2D eigenvalue weighted by molar-refractivity contribution is 0.112. The summed E-state index contributed by atoms with van der Waals surface area (Å²) in [6, 6.07) is 8.13. The van der Waals surface area contributed by atoms with E-state index in [2.05, 4.69) is 32.9 Å². The highest BCUT2D eigenvalue weighted by molar-refractivity contribution is 5.24. The highest BCUT2D eigenvalue weighted by Gasteiger charge is 2.14. The van der Waals surface area contributed by atoms with Crippen molar-refractivity contribution in [2.75, 3.05) is 0 Å². The summed E-state index contributed by atoms with van der Waals surface area (Å²) >= 11 is 0. The fourth-order valence-electron chi connectivity index (χ4n) is 1.80. The van der Waals surface area contributed by atoms with Gasteiger partial charge < -0.3 is 5.11 Å². The predicted molar refractivity (Wildman–Crippen MR) is 60.2 cm³/mol. The molecule has 0 aliphatic rings. The number of hydrogen-bond donors (Lipinski definition) is 1. The van der Waals surface area contributed by atoms with Crippen LogP contribution < -0.4 is 0 Å². The third kappa shape index (κ3) is 2.85. The molecular formula is C13H20O. The van der Waals surface area contributed by atoms with Crippen LogP contribution in [0, 0.1) is 12.8 Å². The first kappa shape index (κ1) is 11.3. The van der Waals surface area contributed by atoms with Gasteiger partial charge in [-0.3, -0.25) is 0 Å². The molecule has 2 atom stereocenters. The molecule has 0 spiro atoms. The SMILES string of the molecule is CCCC(C)C(O)c1cccc(C)c1. The Balaban J connectivity index is 2.73. The second-order valence-electron chi connectivity index (χ2n) is 4.12. The molecule has 0 saturated carbocycles. The van der Waals surface area contributed by atoms with Crippen LogP contribution in [0.1, 0.15) is 43.9 Å². The lowest BCUT2D eigenvalue weighted by Gasteiger charge is -2.18.